The van der Waals surface area contributed by atoms with Gasteiger partial charge in [0.25, 0.3) is 0 Å². The fraction of sp³-hybridized carbons (Fsp3) is 0.435. The van der Waals surface area contributed by atoms with Crippen LogP contribution < -0.4 is 20.3 Å². The number of guanidine groups is 1. The fourth-order valence-corrected chi connectivity index (χ4v) is 3.54. The lowest BCUT2D eigenvalue weighted by atomic mass is 10.2. The summed E-state index contributed by atoms with van der Waals surface area (Å²) in [6.07, 6.45) is 1.06. The lowest BCUT2D eigenvalue weighted by Crippen LogP contribution is -2.47. The van der Waals surface area contributed by atoms with Crippen molar-refractivity contribution in [1.82, 2.24) is 15.5 Å². The standard InChI is InChI=1S/C23H32FN5O.HI/c1-25-23(27-18-19-4-6-20(24)7-5-19)26-12-3-13-28-14-16-29(17-15-28)21-8-10-22(30-2)11-9-21;/h4-11H,3,12-18H2,1-2H3,(H2,25,26,27);1H. The van der Waals surface area contributed by atoms with Crippen molar-refractivity contribution < 1.29 is 9.13 Å². The third-order valence-electron chi connectivity index (χ3n) is 5.35. The molecule has 1 fully saturated rings. The molecule has 2 aromatic rings. The van der Waals surface area contributed by atoms with Crippen LogP contribution in [0.4, 0.5) is 10.1 Å². The molecule has 0 bridgehead atoms. The molecule has 8 heteroatoms. The Kier molecular flexibility index (Phi) is 10.9. The summed E-state index contributed by atoms with van der Waals surface area (Å²) in [7, 11) is 3.46. The quantitative estimate of drug-likeness (QED) is 0.233. The molecule has 1 heterocycles. The Morgan fingerprint density at radius 2 is 1.68 bits per heavy atom. The van der Waals surface area contributed by atoms with Gasteiger partial charge in [-0.2, -0.15) is 0 Å². The molecule has 31 heavy (non-hydrogen) atoms. The van der Waals surface area contributed by atoms with E-state index in [0.29, 0.717) is 6.54 Å². The average molecular weight is 541 g/mol. The molecule has 0 atom stereocenters. The zero-order valence-electron chi connectivity index (χ0n) is 18.3. The Morgan fingerprint density at radius 3 is 2.29 bits per heavy atom. The van der Waals surface area contributed by atoms with E-state index in [4.69, 9.17) is 4.74 Å². The number of hydrogen-bond acceptors (Lipinski definition) is 4. The van der Waals surface area contributed by atoms with Crippen LogP contribution in [-0.4, -0.2) is 64.3 Å². The molecule has 1 aliphatic rings. The number of nitrogens with zero attached hydrogens (tertiary/aromatic N) is 3. The summed E-state index contributed by atoms with van der Waals surface area (Å²) in [5, 5.41) is 6.61. The zero-order valence-corrected chi connectivity index (χ0v) is 20.6. The highest BCUT2D eigenvalue weighted by Crippen LogP contribution is 2.20. The summed E-state index contributed by atoms with van der Waals surface area (Å²) in [5.41, 5.74) is 2.28. The topological polar surface area (TPSA) is 52.1 Å². The van der Waals surface area contributed by atoms with Gasteiger partial charge in [-0.05, 0) is 54.9 Å². The monoisotopic (exact) mass is 541 g/mol. The first-order valence-corrected chi connectivity index (χ1v) is 10.5. The van der Waals surface area contributed by atoms with Crippen molar-refractivity contribution in [2.45, 2.75) is 13.0 Å². The second kappa shape index (κ2) is 13.4. The number of aliphatic imine (C=N–C) groups is 1. The molecule has 3 rings (SSSR count). The van der Waals surface area contributed by atoms with E-state index in [9.17, 15) is 4.39 Å². The van der Waals surface area contributed by atoms with Crippen molar-refractivity contribution in [3.8, 4) is 5.75 Å². The molecule has 2 N–H and O–H groups in total. The molecule has 6 nitrogen and oxygen atoms in total. The second-order valence-corrected chi connectivity index (χ2v) is 7.36. The lowest BCUT2D eigenvalue weighted by molar-refractivity contribution is 0.255. The lowest BCUT2D eigenvalue weighted by Gasteiger charge is -2.36. The van der Waals surface area contributed by atoms with Crippen LogP contribution in [0.25, 0.3) is 0 Å². The van der Waals surface area contributed by atoms with Crippen LogP contribution in [0.15, 0.2) is 53.5 Å². The molecule has 0 aromatic heterocycles. The van der Waals surface area contributed by atoms with Crippen LogP contribution >= 0.6 is 24.0 Å². The van der Waals surface area contributed by atoms with Crippen molar-refractivity contribution in [1.29, 1.82) is 0 Å². The van der Waals surface area contributed by atoms with Crippen molar-refractivity contribution >= 4 is 35.6 Å². The van der Waals surface area contributed by atoms with Gasteiger partial charge in [-0.25, -0.2) is 4.39 Å². The number of ether oxygens (including phenoxy) is 1. The van der Waals surface area contributed by atoms with Gasteiger partial charge in [0.2, 0.25) is 0 Å². The average Bonchev–Trinajstić information content (AvgIpc) is 2.80. The third-order valence-corrected chi connectivity index (χ3v) is 5.35. The van der Waals surface area contributed by atoms with Gasteiger partial charge in [0, 0.05) is 52.0 Å². The van der Waals surface area contributed by atoms with Crippen LogP contribution in [0.1, 0.15) is 12.0 Å². The smallest absolute Gasteiger partial charge is 0.191 e. The van der Waals surface area contributed by atoms with E-state index in [1.165, 1.54) is 17.8 Å². The summed E-state index contributed by atoms with van der Waals surface area (Å²) >= 11 is 0. The van der Waals surface area contributed by atoms with E-state index < -0.39 is 0 Å². The van der Waals surface area contributed by atoms with Crippen molar-refractivity contribution in [2.75, 3.05) is 58.3 Å². The van der Waals surface area contributed by atoms with Crippen molar-refractivity contribution in [3.63, 3.8) is 0 Å². The number of methoxy groups -OCH3 is 1. The van der Waals surface area contributed by atoms with Crippen LogP contribution in [0.3, 0.4) is 0 Å². The number of rotatable bonds is 8. The largest absolute Gasteiger partial charge is 0.497 e. The van der Waals surface area contributed by atoms with E-state index in [1.54, 1.807) is 26.3 Å². The summed E-state index contributed by atoms with van der Waals surface area (Å²) < 4.78 is 18.2. The summed E-state index contributed by atoms with van der Waals surface area (Å²) in [5.74, 6) is 1.45. The first-order valence-electron chi connectivity index (χ1n) is 10.5. The van der Waals surface area contributed by atoms with Gasteiger partial charge < -0.3 is 20.3 Å². The van der Waals surface area contributed by atoms with Gasteiger partial charge in [-0.15, -0.1) is 24.0 Å². The summed E-state index contributed by atoms with van der Waals surface area (Å²) in [6, 6.07) is 14.8. The highest BCUT2D eigenvalue weighted by atomic mass is 127. The number of anilines is 1. The molecule has 0 amide bonds. The predicted octanol–water partition coefficient (Wildman–Crippen LogP) is 3.33. The molecule has 0 spiro atoms. The van der Waals surface area contributed by atoms with Crippen LogP contribution in [0.2, 0.25) is 0 Å². The maximum Gasteiger partial charge on any atom is 0.191 e. The van der Waals surface area contributed by atoms with E-state index in [0.717, 1.165) is 63.0 Å². The van der Waals surface area contributed by atoms with Crippen molar-refractivity contribution in [2.24, 2.45) is 4.99 Å². The van der Waals surface area contributed by atoms with Gasteiger partial charge in [-0.3, -0.25) is 9.89 Å². The van der Waals surface area contributed by atoms with E-state index in [-0.39, 0.29) is 29.8 Å². The minimum absolute atomic E-state index is 0. The maximum atomic E-state index is 13.0. The zero-order chi connectivity index (χ0) is 21.2. The van der Waals surface area contributed by atoms with Gasteiger partial charge in [0.1, 0.15) is 11.6 Å². The molecule has 0 radical (unpaired) electrons. The number of piperazine rings is 1. The molecule has 170 valence electrons. The number of halogens is 2. The summed E-state index contributed by atoms with van der Waals surface area (Å²) in [6.45, 7) is 6.78. The first-order chi connectivity index (χ1) is 14.7. The fourth-order valence-electron chi connectivity index (χ4n) is 3.54. The Labute approximate surface area is 201 Å². The molecule has 2 aromatic carbocycles. The van der Waals surface area contributed by atoms with Crippen LogP contribution in [-0.2, 0) is 6.54 Å². The van der Waals surface area contributed by atoms with Gasteiger partial charge in [0.15, 0.2) is 5.96 Å². The molecule has 0 aliphatic carbocycles. The van der Waals surface area contributed by atoms with E-state index in [1.807, 2.05) is 12.1 Å². The SMILES string of the molecule is CN=C(NCCCN1CCN(c2ccc(OC)cc2)CC1)NCc1ccc(F)cc1.I. The summed E-state index contributed by atoms with van der Waals surface area (Å²) in [4.78, 5) is 9.19. The highest BCUT2D eigenvalue weighted by Gasteiger charge is 2.16. The normalized spacial score (nSPS) is 14.7. The van der Waals surface area contributed by atoms with Gasteiger partial charge >= 0.3 is 0 Å². The second-order valence-electron chi connectivity index (χ2n) is 7.36. The number of nitrogens with one attached hydrogen (secondary N) is 2. The Bertz CT molecular complexity index is 793. The van der Waals surface area contributed by atoms with E-state index in [2.05, 4.69) is 37.6 Å². The Balaban J connectivity index is 0.00000341. The molecular weight excluding hydrogens is 508 g/mol. The molecular formula is C23H33FIN5O. The molecule has 0 unspecified atom stereocenters. The third kappa shape index (κ3) is 8.17. The Hall–Kier alpha value is -2.07. The van der Waals surface area contributed by atoms with E-state index >= 15 is 0 Å². The number of hydrogen-bond donors (Lipinski definition) is 2. The van der Waals surface area contributed by atoms with Gasteiger partial charge in [0.05, 0.1) is 7.11 Å². The molecule has 1 aliphatic heterocycles. The van der Waals surface area contributed by atoms with Crippen LogP contribution in [0, 0.1) is 5.82 Å². The minimum Gasteiger partial charge on any atom is -0.497 e. The first kappa shape index (κ1) is 25.2. The van der Waals surface area contributed by atoms with Crippen LogP contribution in [0.5, 0.6) is 5.75 Å². The molecule has 0 saturated carbocycles. The van der Waals surface area contributed by atoms with Crippen molar-refractivity contribution in [3.05, 3.63) is 59.9 Å². The number of benzene rings is 2. The molecule has 1 saturated heterocycles. The maximum absolute atomic E-state index is 13.0. The minimum atomic E-state index is -0.217. The van der Waals surface area contributed by atoms with Gasteiger partial charge in [-0.1, -0.05) is 12.1 Å². The Morgan fingerprint density at radius 1 is 1.00 bits per heavy atom. The predicted molar refractivity (Wildman–Crippen MR) is 136 cm³/mol. The highest BCUT2D eigenvalue weighted by molar-refractivity contribution is 14.0.